The molecule has 7 heteroatoms. The summed E-state index contributed by atoms with van der Waals surface area (Å²) >= 11 is 1.37. The van der Waals surface area contributed by atoms with Gasteiger partial charge in [0.25, 0.3) is 5.91 Å². The molecule has 0 atom stereocenters. The van der Waals surface area contributed by atoms with Gasteiger partial charge in [0.2, 0.25) is 0 Å². The van der Waals surface area contributed by atoms with E-state index in [9.17, 15) is 14.4 Å². The van der Waals surface area contributed by atoms with Crippen molar-refractivity contribution in [2.75, 3.05) is 12.3 Å². The SMILES string of the molecule is CC1(C)NC(=O)N(CC(=O)CSc2ccc(-c3cccc(CC#N)c3)cc2)C1=O. The molecule has 1 saturated heterocycles. The number of nitrogens with one attached hydrogen (secondary N) is 1. The van der Waals surface area contributed by atoms with Crippen LogP contribution in [0.1, 0.15) is 19.4 Å². The number of benzene rings is 2. The molecule has 0 aromatic heterocycles. The summed E-state index contributed by atoms with van der Waals surface area (Å²) in [7, 11) is 0. The van der Waals surface area contributed by atoms with Crippen molar-refractivity contribution in [2.24, 2.45) is 0 Å². The summed E-state index contributed by atoms with van der Waals surface area (Å²) in [5.41, 5.74) is 2.07. The fraction of sp³-hybridized carbons (Fsp3) is 0.273. The lowest BCUT2D eigenvalue weighted by atomic mass is 10.0. The van der Waals surface area contributed by atoms with E-state index in [0.29, 0.717) is 6.42 Å². The predicted octanol–water partition coefficient (Wildman–Crippen LogP) is 3.41. The van der Waals surface area contributed by atoms with E-state index in [0.717, 1.165) is 26.5 Å². The Morgan fingerprint density at radius 2 is 1.86 bits per heavy atom. The molecule has 3 rings (SSSR count). The summed E-state index contributed by atoms with van der Waals surface area (Å²) in [6.07, 6.45) is 0.374. The Morgan fingerprint density at radius 1 is 1.14 bits per heavy atom. The number of Topliss-reactive ketones (excluding diaryl/α,β-unsaturated/α-hetero) is 1. The zero-order chi connectivity index (χ0) is 21.0. The first-order chi connectivity index (χ1) is 13.8. The van der Waals surface area contributed by atoms with Crippen LogP contribution in [0, 0.1) is 11.3 Å². The van der Waals surface area contributed by atoms with Gasteiger partial charge >= 0.3 is 6.03 Å². The summed E-state index contributed by atoms with van der Waals surface area (Å²) < 4.78 is 0. The molecule has 3 amide bonds. The van der Waals surface area contributed by atoms with E-state index in [-0.39, 0.29) is 24.0 Å². The number of urea groups is 1. The summed E-state index contributed by atoms with van der Waals surface area (Å²) in [5, 5.41) is 11.4. The van der Waals surface area contributed by atoms with Crippen LogP contribution in [0.4, 0.5) is 4.79 Å². The zero-order valence-corrected chi connectivity index (χ0v) is 17.1. The third-order valence-electron chi connectivity index (χ3n) is 4.58. The number of nitrogens with zero attached hydrogens (tertiary/aromatic N) is 2. The molecule has 1 heterocycles. The van der Waals surface area contributed by atoms with Crippen LogP contribution in [0.3, 0.4) is 0 Å². The number of ketones is 1. The summed E-state index contributed by atoms with van der Waals surface area (Å²) in [6, 6.07) is 17.3. The van der Waals surface area contributed by atoms with Crippen molar-refractivity contribution < 1.29 is 14.4 Å². The van der Waals surface area contributed by atoms with Crippen LogP contribution in [0.5, 0.6) is 0 Å². The molecule has 1 fully saturated rings. The first-order valence-corrected chi connectivity index (χ1v) is 10.1. The van der Waals surface area contributed by atoms with Gasteiger partial charge in [-0.15, -0.1) is 11.8 Å². The fourth-order valence-corrected chi connectivity index (χ4v) is 3.79. The van der Waals surface area contributed by atoms with Crippen molar-refractivity contribution in [3.8, 4) is 17.2 Å². The maximum atomic E-state index is 12.2. The minimum atomic E-state index is -0.967. The van der Waals surface area contributed by atoms with Crippen LogP contribution in [0.25, 0.3) is 11.1 Å². The van der Waals surface area contributed by atoms with Gasteiger partial charge in [0, 0.05) is 4.90 Å². The van der Waals surface area contributed by atoms with Gasteiger partial charge in [0.15, 0.2) is 5.78 Å². The molecule has 0 aliphatic carbocycles. The maximum Gasteiger partial charge on any atom is 0.325 e. The highest BCUT2D eigenvalue weighted by Gasteiger charge is 2.44. The molecule has 1 N–H and O–H groups in total. The molecule has 1 aliphatic heterocycles. The van der Waals surface area contributed by atoms with Gasteiger partial charge in [0.1, 0.15) is 5.54 Å². The Balaban J connectivity index is 1.57. The highest BCUT2D eigenvalue weighted by molar-refractivity contribution is 8.00. The number of nitriles is 1. The lowest BCUT2D eigenvalue weighted by Gasteiger charge is -2.15. The molecular weight excluding hydrogens is 386 g/mol. The zero-order valence-electron chi connectivity index (χ0n) is 16.3. The molecule has 2 aromatic rings. The molecule has 1 aliphatic rings. The van der Waals surface area contributed by atoms with E-state index in [1.165, 1.54) is 11.8 Å². The van der Waals surface area contributed by atoms with Gasteiger partial charge in [-0.1, -0.05) is 36.4 Å². The molecule has 6 nitrogen and oxygen atoms in total. The second-order valence-corrected chi connectivity index (χ2v) is 8.38. The van der Waals surface area contributed by atoms with Crippen LogP contribution in [0.2, 0.25) is 0 Å². The number of imide groups is 1. The third-order valence-corrected chi connectivity index (χ3v) is 5.65. The largest absolute Gasteiger partial charge is 0.325 e. The first-order valence-electron chi connectivity index (χ1n) is 9.15. The number of carbonyl (C=O) groups is 3. The number of thioether (sulfide) groups is 1. The van der Waals surface area contributed by atoms with Crippen molar-refractivity contribution in [3.05, 3.63) is 54.1 Å². The molecule has 0 unspecified atom stereocenters. The molecule has 0 saturated carbocycles. The molecule has 0 bridgehead atoms. The summed E-state index contributed by atoms with van der Waals surface area (Å²) in [5.74, 6) is -0.401. The second kappa shape index (κ2) is 8.50. The number of carbonyl (C=O) groups excluding carboxylic acids is 3. The molecule has 29 heavy (non-hydrogen) atoms. The van der Waals surface area contributed by atoms with E-state index in [1.807, 2.05) is 48.5 Å². The maximum absolute atomic E-state index is 12.2. The Hall–Kier alpha value is -3.11. The van der Waals surface area contributed by atoms with Gasteiger partial charge in [-0.3, -0.25) is 14.5 Å². The van der Waals surface area contributed by atoms with Crippen molar-refractivity contribution >= 4 is 29.5 Å². The lowest BCUT2D eigenvalue weighted by molar-refractivity contribution is -0.133. The van der Waals surface area contributed by atoms with Gasteiger partial charge in [-0.05, 0) is 42.7 Å². The Labute approximate surface area is 173 Å². The van der Waals surface area contributed by atoms with Crippen molar-refractivity contribution in [3.63, 3.8) is 0 Å². The predicted molar refractivity (Wildman–Crippen MR) is 111 cm³/mol. The van der Waals surface area contributed by atoms with Crippen molar-refractivity contribution in [1.82, 2.24) is 10.2 Å². The third kappa shape index (κ3) is 4.84. The number of hydrogen-bond donors (Lipinski definition) is 1. The molecular formula is C22H21N3O3S. The summed E-state index contributed by atoms with van der Waals surface area (Å²) in [4.78, 5) is 38.2. The van der Waals surface area contributed by atoms with Gasteiger partial charge in [0.05, 0.1) is 24.8 Å². The van der Waals surface area contributed by atoms with Crippen LogP contribution in [-0.4, -0.2) is 40.5 Å². The minimum absolute atomic E-state index is 0.175. The van der Waals surface area contributed by atoms with E-state index in [4.69, 9.17) is 5.26 Å². The van der Waals surface area contributed by atoms with E-state index in [1.54, 1.807) is 13.8 Å². The smallest absolute Gasteiger partial charge is 0.324 e. The van der Waals surface area contributed by atoms with Gasteiger partial charge in [-0.25, -0.2) is 4.79 Å². The van der Waals surface area contributed by atoms with Crippen LogP contribution in [0.15, 0.2) is 53.4 Å². The average molecular weight is 407 g/mol. The van der Waals surface area contributed by atoms with Crippen molar-refractivity contribution in [1.29, 1.82) is 5.26 Å². The highest BCUT2D eigenvalue weighted by Crippen LogP contribution is 2.25. The molecule has 2 aromatic carbocycles. The van der Waals surface area contributed by atoms with E-state index < -0.39 is 11.6 Å². The average Bonchev–Trinajstić information content (AvgIpc) is 2.89. The second-order valence-electron chi connectivity index (χ2n) is 7.33. The monoisotopic (exact) mass is 407 g/mol. The van der Waals surface area contributed by atoms with Gasteiger partial charge in [-0.2, -0.15) is 5.26 Å². The molecule has 0 radical (unpaired) electrons. The van der Waals surface area contributed by atoms with Crippen LogP contribution in [-0.2, 0) is 16.0 Å². The van der Waals surface area contributed by atoms with Crippen LogP contribution >= 0.6 is 11.8 Å². The lowest BCUT2D eigenvalue weighted by Crippen LogP contribution is -2.41. The molecule has 0 spiro atoms. The van der Waals surface area contributed by atoms with E-state index >= 15 is 0 Å². The summed E-state index contributed by atoms with van der Waals surface area (Å²) in [6.45, 7) is 3.01. The highest BCUT2D eigenvalue weighted by atomic mass is 32.2. The topological polar surface area (TPSA) is 90.3 Å². The normalized spacial score (nSPS) is 15.1. The standard InChI is InChI=1S/C22H21N3O3S/c1-22(2)20(27)25(21(28)24-22)13-18(26)14-29-19-8-6-16(7-9-19)17-5-3-4-15(12-17)10-11-23/h3-9,12H,10,13-14H2,1-2H3,(H,24,28). The minimum Gasteiger partial charge on any atom is -0.324 e. The number of rotatable bonds is 7. The van der Waals surface area contributed by atoms with Gasteiger partial charge < -0.3 is 5.32 Å². The Bertz CT molecular complexity index is 993. The first kappa shape index (κ1) is 20.6. The number of hydrogen-bond acceptors (Lipinski definition) is 5. The van der Waals surface area contributed by atoms with E-state index in [2.05, 4.69) is 11.4 Å². The van der Waals surface area contributed by atoms with Crippen LogP contribution < -0.4 is 5.32 Å². The Morgan fingerprint density at radius 3 is 2.48 bits per heavy atom. The quantitative estimate of drug-likeness (QED) is 0.561. The number of amides is 3. The fourth-order valence-electron chi connectivity index (χ4n) is 3.04. The molecule has 148 valence electrons. The van der Waals surface area contributed by atoms with Crippen molar-refractivity contribution in [2.45, 2.75) is 30.7 Å². The Kier molecular flexibility index (Phi) is 6.04.